The van der Waals surface area contributed by atoms with Crippen molar-refractivity contribution in [2.24, 2.45) is 13.0 Å². The van der Waals surface area contributed by atoms with Gasteiger partial charge in [0.15, 0.2) is 0 Å². The van der Waals surface area contributed by atoms with Crippen molar-refractivity contribution in [2.45, 2.75) is 59.1 Å². The Hall–Kier alpha value is -0.870. The zero-order valence-electron chi connectivity index (χ0n) is 13.2. The molecule has 1 unspecified atom stereocenters. The van der Waals surface area contributed by atoms with Gasteiger partial charge in [-0.15, -0.1) is 0 Å². The van der Waals surface area contributed by atoms with E-state index in [2.05, 4.69) is 51.2 Å². The molecule has 4 heteroatoms. The largest absolute Gasteiger partial charge is 0.392 e. The molecule has 1 rings (SSSR count). The van der Waals surface area contributed by atoms with E-state index in [4.69, 9.17) is 0 Å². The van der Waals surface area contributed by atoms with Crippen molar-refractivity contribution in [3.63, 3.8) is 0 Å². The Balaban J connectivity index is 2.54. The normalized spacial score (nSPS) is 14.1. The number of hydrogen-bond acceptors (Lipinski definition) is 3. The van der Waals surface area contributed by atoms with E-state index in [0.29, 0.717) is 12.5 Å². The molecule has 0 aliphatic heterocycles. The molecular weight excluding hydrogens is 238 g/mol. The first-order valence-corrected chi connectivity index (χ1v) is 7.12. The molecular formula is C15H29N3O. The van der Waals surface area contributed by atoms with E-state index < -0.39 is 0 Å². The zero-order chi connectivity index (χ0) is 14.6. The summed E-state index contributed by atoms with van der Waals surface area (Å²) in [6.07, 6.45) is 2.63. The van der Waals surface area contributed by atoms with Crippen LogP contribution in [-0.2, 0) is 19.0 Å². The molecule has 0 amide bonds. The van der Waals surface area contributed by atoms with Gasteiger partial charge in [-0.05, 0) is 12.3 Å². The fourth-order valence-corrected chi connectivity index (χ4v) is 2.30. The monoisotopic (exact) mass is 267 g/mol. The highest BCUT2D eigenvalue weighted by Crippen LogP contribution is 2.23. The van der Waals surface area contributed by atoms with Crippen LogP contribution < -0.4 is 5.32 Å². The van der Waals surface area contributed by atoms with Gasteiger partial charge in [0.25, 0.3) is 0 Å². The molecule has 0 aliphatic carbocycles. The van der Waals surface area contributed by atoms with E-state index in [-0.39, 0.29) is 11.5 Å². The summed E-state index contributed by atoms with van der Waals surface area (Å²) in [4.78, 5) is 0. The molecule has 2 N–H and O–H groups in total. The lowest BCUT2D eigenvalue weighted by molar-refractivity contribution is 0.146. The van der Waals surface area contributed by atoms with Crippen LogP contribution in [0.2, 0.25) is 0 Å². The van der Waals surface area contributed by atoms with E-state index in [9.17, 15) is 5.11 Å². The van der Waals surface area contributed by atoms with Crippen molar-refractivity contribution in [2.75, 3.05) is 6.54 Å². The smallest absolute Gasteiger partial charge is 0.0722 e. The maximum atomic E-state index is 9.85. The van der Waals surface area contributed by atoms with Crippen LogP contribution in [-0.4, -0.2) is 27.5 Å². The van der Waals surface area contributed by atoms with Crippen LogP contribution >= 0.6 is 0 Å². The van der Waals surface area contributed by atoms with Crippen LogP contribution in [0.4, 0.5) is 0 Å². The highest BCUT2D eigenvalue weighted by molar-refractivity contribution is 5.23. The van der Waals surface area contributed by atoms with E-state index in [1.165, 1.54) is 5.56 Å². The Morgan fingerprint density at radius 3 is 2.53 bits per heavy atom. The fourth-order valence-electron chi connectivity index (χ4n) is 2.30. The first-order valence-electron chi connectivity index (χ1n) is 7.12. The van der Waals surface area contributed by atoms with E-state index in [1.807, 2.05) is 11.7 Å². The van der Waals surface area contributed by atoms with E-state index in [1.54, 1.807) is 0 Å². The SMILES string of the molecule is CC(C)CC(O)CNCc1cn(C)nc1C(C)(C)C. The molecule has 0 radical (unpaired) electrons. The van der Waals surface area contributed by atoms with E-state index >= 15 is 0 Å². The van der Waals surface area contributed by atoms with Crippen molar-refractivity contribution < 1.29 is 5.11 Å². The second-order valence-electron chi connectivity index (χ2n) is 6.84. The molecule has 19 heavy (non-hydrogen) atoms. The summed E-state index contributed by atoms with van der Waals surface area (Å²) in [5, 5.41) is 17.7. The molecule has 1 aromatic heterocycles. The first-order chi connectivity index (χ1) is 8.70. The molecule has 110 valence electrons. The summed E-state index contributed by atoms with van der Waals surface area (Å²) in [6, 6.07) is 0. The number of nitrogens with zero attached hydrogens (tertiary/aromatic N) is 2. The van der Waals surface area contributed by atoms with Crippen LogP contribution in [0.25, 0.3) is 0 Å². The predicted octanol–water partition coefficient (Wildman–Crippen LogP) is 2.21. The van der Waals surface area contributed by atoms with Gasteiger partial charge >= 0.3 is 0 Å². The minimum atomic E-state index is -0.269. The third-order valence-corrected chi connectivity index (χ3v) is 3.05. The van der Waals surface area contributed by atoms with Crippen LogP contribution in [0.1, 0.15) is 52.3 Å². The summed E-state index contributed by atoms with van der Waals surface area (Å²) in [5.41, 5.74) is 2.39. The Labute approximate surface area is 117 Å². The number of hydrogen-bond donors (Lipinski definition) is 2. The lowest BCUT2D eigenvalue weighted by Gasteiger charge is -2.18. The molecule has 0 saturated carbocycles. The van der Waals surface area contributed by atoms with Crippen molar-refractivity contribution in [1.29, 1.82) is 0 Å². The maximum absolute atomic E-state index is 9.85. The first kappa shape index (κ1) is 16.2. The van der Waals surface area contributed by atoms with Gasteiger partial charge in [-0.2, -0.15) is 5.10 Å². The summed E-state index contributed by atoms with van der Waals surface area (Å²) in [6.45, 7) is 12.2. The summed E-state index contributed by atoms with van der Waals surface area (Å²) in [7, 11) is 1.95. The third-order valence-electron chi connectivity index (χ3n) is 3.05. The number of rotatable bonds is 6. The minimum Gasteiger partial charge on any atom is -0.392 e. The van der Waals surface area contributed by atoms with Gasteiger partial charge in [0.05, 0.1) is 11.8 Å². The Kier molecular flexibility index (Phi) is 5.56. The highest BCUT2D eigenvalue weighted by Gasteiger charge is 2.21. The van der Waals surface area contributed by atoms with Crippen molar-refractivity contribution >= 4 is 0 Å². The van der Waals surface area contributed by atoms with E-state index in [0.717, 1.165) is 18.7 Å². The van der Waals surface area contributed by atoms with Gasteiger partial charge in [0.1, 0.15) is 0 Å². The minimum absolute atomic E-state index is 0.0504. The van der Waals surface area contributed by atoms with Crippen LogP contribution in [0.5, 0.6) is 0 Å². The topological polar surface area (TPSA) is 50.1 Å². The molecule has 0 spiro atoms. The summed E-state index contributed by atoms with van der Waals surface area (Å²) in [5.74, 6) is 0.528. The lowest BCUT2D eigenvalue weighted by Crippen LogP contribution is -2.28. The van der Waals surface area contributed by atoms with Crippen LogP contribution in [0.3, 0.4) is 0 Å². The number of aryl methyl sites for hydroxylation is 1. The number of aliphatic hydroxyl groups excluding tert-OH is 1. The molecule has 1 aromatic rings. The van der Waals surface area contributed by atoms with Crippen molar-refractivity contribution in [1.82, 2.24) is 15.1 Å². The van der Waals surface area contributed by atoms with Gasteiger partial charge in [-0.25, -0.2) is 0 Å². The Morgan fingerprint density at radius 2 is 2.00 bits per heavy atom. The second kappa shape index (κ2) is 6.53. The third kappa shape index (κ3) is 5.33. The quantitative estimate of drug-likeness (QED) is 0.831. The lowest BCUT2D eigenvalue weighted by atomic mass is 9.89. The number of nitrogens with one attached hydrogen (secondary N) is 1. The van der Waals surface area contributed by atoms with Gasteiger partial charge in [-0.3, -0.25) is 4.68 Å². The fraction of sp³-hybridized carbons (Fsp3) is 0.800. The summed E-state index contributed by atoms with van der Waals surface area (Å²) >= 11 is 0. The van der Waals surface area contributed by atoms with Gasteiger partial charge in [0, 0.05) is 37.3 Å². The molecule has 1 heterocycles. The molecule has 0 aromatic carbocycles. The molecule has 0 bridgehead atoms. The van der Waals surface area contributed by atoms with Crippen molar-refractivity contribution in [3.8, 4) is 0 Å². The van der Waals surface area contributed by atoms with Gasteiger partial charge in [0.2, 0.25) is 0 Å². The Bertz CT molecular complexity index is 391. The van der Waals surface area contributed by atoms with Crippen LogP contribution in [0, 0.1) is 5.92 Å². The molecule has 0 aliphatic rings. The van der Waals surface area contributed by atoms with Crippen LogP contribution in [0.15, 0.2) is 6.20 Å². The van der Waals surface area contributed by atoms with Gasteiger partial charge < -0.3 is 10.4 Å². The van der Waals surface area contributed by atoms with Gasteiger partial charge in [-0.1, -0.05) is 34.6 Å². The number of aromatic nitrogens is 2. The molecule has 4 nitrogen and oxygen atoms in total. The standard InChI is InChI=1S/C15H29N3O/c1-11(2)7-13(19)9-16-8-12-10-18(6)17-14(12)15(3,4)5/h10-11,13,16,19H,7-9H2,1-6H3. The second-order valence-corrected chi connectivity index (χ2v) is 6.84. The maximum Gasteiger partial charge on any atom is 0.0722 e. The zero-order valence-corrected chi connectivity index (χ0v) is 13.2. The van der Waals surface area contributed by atoms with Crippen molar-refractivity contribution in [3.05, 3.63) is 17.5 Å². The molecule has 0 saturated heterocycles. The molecule has 0 fully saturated rings. The highest BCUT2D eigenvalue weighted by atomic mass is 16.3. The Morgan fingerprint density at radius 1 is 1.37 bits per heavy atom. The number of aliphatic hydroxyl groups is 1. The predicted molar refractivity (Wildman–Crippen MR) is 79.1 cm³/mol. The molecule has 1 atom stereocenters. The average molecular weight is 267 g/mol. The summed E-state index contributed by atoms with van der Waals surface area (Å²) < 4.78 is 1.86. The average Bonchev–Trinajstić information content (AvgIpc) is 2.58.